The number of nitrogens with zero attached hydrogens (tertiary/aromatic N) is 3. The minimum atomic E-state index is -1.17. The molecule has 180 valence electrons. The second-order valence-corrected chi connectivity index (χ2v) is 8.44. The topological polar surface area (TPSA) is 130 Å². The lowest BCUT2D eigenvalue weighted by Crippen LogP contribution is -2.36. The Morgan fingerprint density at radius 1 is 1.32 bits per heavy atom. The van der Waals surface area contributed by atoms with Crippen molar-refractivity contribution in [2.75, 3.05) is 32.8 Å². The first-order valence-corrected chi connectivity index (χ1v) is 11.3. The van der Waals surface area contributed by atoms with Crippen molar-refractivity contribution in [1.29, 1.82) is 0 Å². The summed E-state index contributed by atoms with van der Waals surface area (Å²) in [5.74, 6) is -0.391. The zero-order valence-corrected chi connectivity index (χ0v) is 19.0. The number of amidine groups is 1. The number of furan rings is 1. The molecule has 1 unspecified atom stereocenters. The minimum absolute atomic E-state index is 0.00794. The van der Waals surface area contributed by atoms with E-state index in [2.05, 4.69) is 15.2 Å². The van der Waals surface area contributed by atoms with Gasteiger partial charge in [0.25, 0.3) is 5.69 Å². The molecule has 34 heavy (non-hydrogen) atoms. The molecule has 0 bridgehead atoms. The third-order valence-corrected chi connectivity index (χ3v) is 6.10. The largest absolute Gasteiger partial charge is 0.478 e. The molecule has 0 amide bonds. The number of carbonyl (C=O) groups is 1. The first-order chi connectivity index (χ1) is 16.4. The van der Waals surface area contributed by atoms with E-state index in [9.17, 15) is 20.0 Å². The van der Waals surface area contributed by atoms with Crippen molar-refractivity contribution in [2.45, 2.75) is 32.2 Å². The van der Waals surface area contributed by atoms with Crippen LogP contribution in [0.3, 0.4) is 0 Å². The molecule has 3 heterocycles. The zero-order valence-electron chi connectivity index (χ0n) is 19.0. The van der Waals surface area contributed by atoms with Gasteiger partial charge in [0.1, 0.15) is 6.04 Å². The van der Waals surface area contributed by atoms with Crippen molar-refractivity contribution < 1.29 is 24.0 Å². The summed E-state index contributed by atoms with van der Waals surface area (Å²) >= 11 is 0. The lowest BCUT2D eigenvalue weighted by molar-refractivity contribution is -0.385. The Morgan fingerprint density at radius 3 is 2.79 bits per heavy atom. The zero-order chi connectivity index (χ0) is 24.1. The molecule has 0 radical (unpaired) electrons. The lowest BCUT2D eigenvalue weighted by atomic mass is 9.94. The van der Waals surface area contributed by atoms with Gasteiger partial charge in [-0.25, -0.2) is 4.79 Å². The maximum atomic E-state index is 12.3. The SMILES string of the molecule is Cc1ccc(C2N=C(c3ccco3)NC(COCCN3CCCCC3)=C2C(=O)O)cc1[N+](=O)[O-]. The summed E-state index contributed by atoms with van der Waals surface area (Å²) in [7, 11) is 0. The average Bonchev–Trinajstić information content (AvgIpc) is 3.37. The third kappa shape index (κ3) is 5.35. The standard InChI is InChI=1S/C24H28N4O6/c1-16-7-8-17(14-19(16)28(31)32)22-21(24(29)30)18(25-23(26-22)20-6-5-12-34-20)15-33-13-11-27-9-3-2-4-10-27/h5-8,12,14,22H,2-4,9-11,13,15H2,1H3,(H,25,26)(H,29,30). The Balaban J connectivity index is 1.62. The molecule has 10 nitrogen and oxygen atoms in total. The molecule has 0 aliphatic carbocycles. The molecule has 10 heteroatoms. The molecule has 2 N–H and O–H groups in total. The fourth-order valence-electron chi connectivity index (χ4n) is 4.28. The lowest BCUT2D eigenvalue weighted by Gasteiger charge is -2.27. The summed E-state index contributed by atoms with van der Waals surface area (Å²) in [5.41, 5.74) is 1.15. The highest BCUT2D eigenvalue weighted by Gasteiger charge is 2.33. The molecule has 1 aromatic carbocycles. The van der Waals surface area contributed by atoms with Gasteiger partial charge in [0.05, 0.1) is 35.7 Å². The van der Waals surface area contributed by atoms with Crippen molar-refractivity contribution >= 4 is 17.5 Å². The van der Waals surface area contributed by atoms with Gasteiger partial charge in [0.2, 0.25) is 0 Å². The van der Waals surface area contributed by atoms with Crippen LogP contribution >= 0.6 is 0 Å². The first-order valence-electron chi connectivity index (χ1n) is 11.3. The number of hydrogen-bond donors (Lipinski definition) is 2. The summed E-state index contributed by atoms with van der Waals surface area (Å²) in [5, 5.41) is 24.6. The van der Waals surface area contributed by atoms with Gasteiger partial charge in [0, 0.05) is 18.2 Å². The van der Waals surface area contributed by atoms with E-state index in [1.165, 1.54) is 31.6 Å². The third-order valence-electron chi connectivity index (χ3n) is 6.10. The molecule has 2 aliphatic rings. The maximum absolute atomic E-state index is 12.3. The van der Waals surface area contributed by atoms with Gasteiger partial charge < -0.3 is 24.5 Å². The second-order valence-electron chi connectivity index (χ2n) is 8.44. The number of piperidine rings is 1. The van der Waals surface area contributed by atoms with Crippen LogP contribution in [0.25, 0.3) is 0 Å². The van der Waals surface area contributed by atoms with Gasteiger partial charge in [0.15, 0.2) is 11.6 Å². The monoisotopic (exact) mass is 468 g/mol. The van der Waals surface area contributed by atoms with E-state index in [-0.39, 0.29) is 17.9 Å². The van der Waals surface area contributed by atoms with Crippen LogP contribution < -0.4 is 5.32 Å². The number of nitro groups is 1. The van der Waals surface area contributed by atoms with Gasteiger partial charge in [-0.3, -0.25) is 15.1 Å². The van der Waals surface area contributed by atoms with Crippen molar-refractivity contribution in [3.05, 3.63) is 74.9 Å². The number of ether oxygens (including phenoxy) is 1. The van der Waals surface area contributed by atoms with Gasteiger partial charge in [-0.2, -0.15) is 0 Å². The summed E-state index contributed by atoms with van der Waals surface area (Å²) < 4.78 is 11.3. The summed E-state index contributed by atoms with van der Waals surface area (Å²) in [6.45, 7) is 5.02. The van der Waals surface area contributed by atoms with Crippen LogP contribution in [0, 0.1) is 17.0 Å². The van der Waals surface area contributed by atoms with Crippen LogP contribution in [-0.4, -0.2) is 59.6 Å². The van der Waals surface area contributed by atoms with Crippen LogP contribution in [0.2, 0.25) is 0 Å². The van der Waals surface area contributed by atoms with E-state index in [1.54, 1.807) is 31.2 Å². The van der Waals surface area contributed by atoms with Crippen molar-refractivity contribution in [3.63, 3.8) is 0 Å². The Morgan fingerprint density at radius 2 is 2.12 bits per heavy atom. The first kappa shape index (κ1) is 23.7. The fourth-order valence-corrected chi connectivity index (χ4v) is 4.28. The number of aliphatic carboxylic acids is 1. The molecule has 0 saturated carbocycles. The van der Waals surface area contributed by atoms with Gasteiger partial charge in [-0.05, 0) is 50.6 Å². The molecule has 0 spiro atoms. The van der Waals surface area contributed by atoms with Crippen molar-refractivity contribution in [1.82, 2.24) is 10.2 Å². The summed E-state index contributed by atoms with van der Waals surface area (Å²) in [6.07, 6.45) is 5.12. The van der Waals surface area contributed by atoms with Crippen LogP contribution in [0.15, 0.2) is 57.3 Å². The molecule has 1 atom stereocenters. The minimum Gasteiger partial charge on any atom is -0.478 e. The number of rotatable bonds is 9. The number of aliphatic imine (C=N–C) groups is 1. The van der Waals surface area contributed by atoms with E-state index in [0.717, 1.165) is 19.6 Å². The summed E-state index contributed by atoms with van der Waals surface area (Å²) in [4.78, 5) is 30.2. The molecule has 1 aromatic heterocycles. The number of likely N-dealkylation sites (tertiary alicyclic amines) is 1. The number of hydrogen-bond acceptors (Lipinski definition) is 8. The Kier molecular flexibility index (Phi) is 7.39. The molecule has 2 aromatic rings. The van der Waals surface area contributed by atoms with Crippen molar-refractivity contribution in [3.8, 4) is 0 Å². The predicted octanol–water partition coefficient (Wildman–Crippen LogP) is 3.43. The normalized spacial score (nSPS) is 19.0. The van der Waals surface area contributed by atoms with Crippen LogP contribution in [0.1, 0.15) is 42.2 Å². The molecular formula is C24H28N4O6. The molecule has 4 rings (SSSR count). The number of aryl methyl sites for hydroxylation is 1. The summed E-state index contributed by atoms with van der Waals surface area (Å²) in [6, 6.07) is 7.11. The quantitative estimate of drug-likeness (QED) is 0.325. The smallest absolute Gasteiger partial charge is 0.335 e. The number of carboxylic acids is 1. The second kappa shape index (κ2) is 10.6. The number of carboxylic acid groups (broad SMARTS) is 1. The highest BCUT2D eigenvalue weighted by Crippen LogP contribution is 2.34. The van der Waals surface area contributed by atoms with Crippen molar-refractivity contribution in [2.24, 2.45) is 4.99 Å². The van der Waals surface area contributed by atoms with Crippen LogP contribution in [0.4, 0.5) is 5.69 Å². The van der Waals surface area contributed by atoms with Gasteiger partial charge in [-0.15, -0.1) is 0 Å². The molecule has 2 aliphatic heterocycles. The van der Waals surface area contributed by atoms with Crippen LogP contribution in [0.5, 0.6) is 0 Å². The number of nitrogens with one attached hydrogen (secondary N) is 1. The van der Waals surface area contributed by atoms with E-state index in [1.807, 2.05) is 0 Å². The number of benzene rings is 1. The predicted molar refractivity (Wildman–Crippen MR) is 125 cm³/mol. The molecular weight excluding hydrogens is 440 g/mol. The number of nitro benzene ring substituents is 1. The fraction of sp³-hybridized carbons (Fsp3) is 0.417. The van der Waals surface area contributed by atoms with E-state index in [0.29, 0.717) is 35.0 Å². The highest BCUT2D eigenvalue weighted by molar-refractivity contribution is 6.01. The maximum Gasteiger partial charge on any atom is 0.335 e. The van der Waals surface area contributed by atoms with E-state index in [4.69, 9.17) is 9.15 Å². The average molecular weight is 469 g/mol. The van der Waals surface area contributed by atoms with E-state index >= 15 is 0 Å². The molecule has 1 fully saturated rings. The Labute approximate surface area is 197 Å². The molecule has 1 saturated heterocycles. The highest BCUT2D eigenvalue weighted by atomic mass is 16.6. The van der Waals surface area contributed by atoms with E-state index < -0.39 is 16.9 Å². The Bertz CT molecular complexity index is 1100. The Hall–Kier alpha value is -3.50. The van der Waals surface area contributed by atoms with Crippen LogP contribution in [-0.2, 0) is 9.53 Å². The van der Waals surface area contributed by atoms with Gasteiger partial charge in [-0.1, -0.05) is 18.6 Å². The van der Waals surface area contributed by atoms with Gasteiger partial charge >= 0.3 is 5.97 Å².